The van der Waals surface area contributed by atoms with Crippen molar-refractivity contribution in [2.45, 2.75) is 50.5 Å². The predicted molar refractivity (Wildman–Crippen MR) is 115 cm³/mol. The Morgan fingerprint density at radius 2 is 2.07 bits per heavy atom. The minimum atomic E-state index is 0.271. The summed E-state index contributed by atoms with van der Waals surface area (Å²) in [5.41, 5.74) is 3.80. The number of fused-ring (bicyclic) bond motifs is 1. The summed E-state index contributed by atoms with van der Waals surface area (Å²) in [5.74, 6) is 1.92. The normalized spacial score (nSPS) is 27.4. The van der Waals surface area contributed by atoms with E-state index in [-0.39, 0.29) is 5.92 Å². The molecule has 0 aromatic carbocycles. The van der Waals surface area contributed by atoms with E-state index in [2.05, 4.69) is 27.9 Å². The van der Waals surface area contributed by atoms with Crippen molar-refractivity contribution >= 4 is 17.2 Å². The van der Waals surface area contributed by atoms with Gasteiger partial charge in [-0.2, -0.15) is 0 Å². The molecule has 2 aromatic rings. The highest BCUT2D eigenvalue weighted by atomic mass is 32.1. The summed E-state index contributed by atoms with van der Waals surface area (Å²) in [7, 11) is 0. The summed E-state index contributed by atoms with van der Waals surface area (Å²) >= 11 is 1.59. The lowest BCUT2D eigenvalue weighted by Crippen LogP contribution is -2.44. The Bertz CT molecular complexity index is 828. The first-order valence-electron chi connectivity index (χ1n) is 11.0. The van der Waals surface area contributed by atoms with Crippen molar-refractivity contribution in [3.63, 3.8) is 0 Å². The number of hydrogen-bond donors (Lipinski definition) is 1. The van der Waals surface area contributed by atoms with Gasteiger partial charge in [0.1, 0.15) is 5.82 Å². The number of aromatic nitrogens is 2. The monoisotopic (exact) mass is 414 g/mol. The number of thiazole rings is 1. The molecule has 29 heavy (non-hydrogen) atoms. The Kier molecular flexibility index (Phi) is 5.70. The Hall–Kier alpha value is -1.70. The molecule has 1 N–H and O–H groups in total. The van der Waals surface area contributed by atoms with E-state index in [1.54, 1.807) is 11.3 Å². The molecule has 156 valence electrons. The molecule has 1 saturated heterocycles. The first-order chi connectivity index (χ1) is 14.3. The highest BCUT2D eigenvalue weighted by Gasteiger charge is 2.31. The van der Waals surface area contributed by atoms with Gasteiger partial charge in [0.05, 0.1) is 25.5 Å². The van der Waals surface area contributed by atoms with Crippen LogP contribution in [0.5, 0.6) is 5.19 Å². The van der Waals surface area contributed by atoms with Gasteiger partial charge in [0.15, 0.2) is 0 Å². The second-order valence-corrected chi connectivity index (χ2v) is 9.09. The van der Waals surface area contributed by atoms with E-state index < -0.39 is 0 Å². The molecule has 2 fully saturated rings. The number of pyridine rings is 1. The summed E-state index contributed by atoms with van der Waals surface area (Å²) in [4.78, 5) is 12.1. The topological polar surface area (TPSA) is 59.5 Å². The lowest BCUT2D eigenvalue weighted by molar-refractivity contribution is 0.00729. The van der Waals surface area contributed by atoms with Crippen LogP contribution >= 0.6 is 11.3 Å². The van der Waals surface area contributed by atoms with Crippen molar-refractivity contribution in [3.8, 4) is 5.19 Å². The molecule has 1 aliphatic carbocycles. The van der Waals surface area contributed by atoms with Crippen LogP contribution in [0, 0.1) is 0 Å². The van der Waals surface area contributed by atoms with E-state index in [9.17, 15) is 0 Å². The molecule has 3 aliphatic rings. The second kappa shape index (κ2) is 8.58. The first kappa shape index (κ1) is 19.3. The first-order valence-corrected chi connectivity index (χ1v) is 11.8. The van der Waals surface area contributed by atoms with Gasteiger partial charge in [0, 0.05) is 48.7 Å². The number of morpholine rings is 1. The number of anilines is 1. The standard InChI is InChI=1S/C22H30N4O2S/c1-2-28-22-25-20(14-29-22)19-13-24-21-18(19)11-16(12-23-21)15-3-5-17(6-4-15)26-7-9-27-10-8-26/h11-12,14-15,17,19H,2-10,13H2,1H3,(H,23,24). The molecule has 1 saturated carbocycles. The van der Waals surface area contributed by atoms with Crippen LogP contribution < -0.4 is 10.1 Å². The number of hydrogen-bond acceptors (Lipinski definition) is 7. The van der Waals surface area contributed by atoms with Crippen molar-refractivity contribution in [3.05, 3.63) is 34.5 Å². The average molecular weight is 415 g/mol. The zero-order valence-corrected chi connectivity index (χ0v) is 17.9. The fraction of sp³-hybridized carbons (Fsp3) is 0.636. The van der Waals surface area contributed by atoms with E-state index >= 15 is 0 Å². The summed E-state index contributed by atoms with van der Waals surface area (Å²) in [6.45, 7) is 7.50. The molecule has 0 radical (unpaired) electrons. The van der Waals surface area contributed by atoms with Crippen molar-refractivity contribution < 1.29 is 9.47 Å². The molecule has 0 bridgehead atoms. The van der Waals surface area contributed by atoms with Crippen LogP contribution in [0.1, 0.15) is 61.3 Å². The zero-order chi connectivity index (χ0) is 19.6. The van der Waals surface area contributed by atoms with E-state index in [4.69, 9.17) is 19.4 Å². The third-order valence-electron chi connectivity index (χ3n) is 6.64. The minimum Gasteiger partial charge on any atom is -0.470 e. The van der Waals surface area contributed by atoms with E-state index in [0.717, 1.165) is 55.6 Å². The molecular weight excluding hydrogens is 384 g/mol. The molecule has 0 spiro atoms. The maximum absolute atomic E-state index is 5.57. The third kappa shape index (κ3) is 4.00. The fourth-order valence-electron chi connectivity index (χ4n) is 5.04. The smallest absolute Gasteiger partial charge is 0.273 e. The SMILES string of the molecule is CCOc1nc(C2CNc3ncc(C4CCC(N5CCOCC5)CC4)cc32)cs1. The molecule has 1 atom stereocenters. The van der Waals surface area contributed by atoms with Crippen LogP contribution in [0.2, 0.25) is 0 Å². The molecule has 2 aromatic heterocycles. The molecule has 4 heterocycles. The largest absolute Gasteiger partial charge is 0.470 e. The van der Waals surface area contributed by atoms with E-state index in [1.807, 2.05) is 6.92 Å². The Morgan fingerprint density at radius 1 is 1.24 bits per heavy atom. The van der Waals surface area contributed by atoms with Gasteiger partial charge >= 0.3 is 0 Å². The molecular formula is C22H30N4O2S. The van der Waals surface area contributed by atoms with Crippen LogP contribution in [0.25, 0.3) is 0 Å². The number of ether oxygens (including phenoxy) is 2. The molecule has 5 rings (SSSR count). The quantitative estimate of drug-likeness (QED) is 0.802. The molecule has 0 amide bonds. The van der Waals surface area contributed by atoms with Crippen LogP contribution in [-0.4, -0.2) is 60.4 Å². The van der Waals surface area contributed by atoms with Crippen molar-refractivity contribution in [2.24, 2.45) is 0 Å². The van der Waals surface area contributed by atoms with Crippen LogP contribution in [0.3, 0.4) is 0 Å². The maximum atomic E-state index is 5.57. The summed E-state index contributed by atoms with van der Waals surface area (Å²) in [5, 5.41) is 6.36. The Balaban J connectivity index is 1.28. The zero-order valence-electron chi connectivity index (χ0n) is 17.1. The van der Waals surface area contributed by atoms with Crippen molar-refractivity contribution in [1.82, 2.24) is 14.9 Å². The Morgan fingerprint density at radius 3 is 2.86 bits per heavy atom. The van der Waals surface area contributed by atoms with Crippen LogP contribution in [-0.2, 0) is 4.74 Å². The number of nitrogens with zero attached hydrogens (tertiary/aromatic N) is 3. The predicted octanol–water partition coefficient (Wildman–Crippen LogP) is 3.85. The van der Waals surface area contributed by atoms with Gasteiger partial charge in [0.2, 0.25) is 0 Å². The maximum Gasteiger partial charge on any atom is 0.273 e. The summed E-state index contributed by atoms with van der Waals surface area (Å²) in [6, 6.07) is 3.13. The van der Waals surface area contributed by atoms with Gasteiger partial charge < -0.3 is 14.8 Å². The molecule has 1 unspecified atom stereocenters. The van der Waals surface area contributed by atoms with Gasteiger partial charge in [-0.25, -0.2) is 9.97 Å². The van der Waals surface area contributed by atoms with Gasteiger partial charge in [-0.3, -0.25) is 4.90 Å². The van der Waals surface area contributed by atoms with Crippen molar-refractivity contribution in [2.75, 3.05) is 44.8 Å². The summed E-state index contributed by atoms with van der Waals surface area (Å²) < 4.78 is 11.1. The van der Waals surface area contributed by atoms with Gasteiger partial charge in [-0.15, -0.1) is 0 Å². The highest BCUT2D eigenvalue weighted by Crippen LogP contribution is 2.40. The lowest BCUT2D eigenvalue weighted by atomic mass is 9.81. The molecule has 2 aliphatic heterocycles. The van der Waals surface area contributed by atoms with Gasteiger partial charge in [-0.1, -0.05) is 11.3 Å². The Labute approximate surface area is 176 Å². The molecule has 6 nitrogen and oxygen atoms in total. The fourth-order valence-corrected chi connectivity index (χ4v) is 5.83. The van der Waals surface area contributed by atoms with Crippen LogP contribution in [0.4, 0.5) is 5.82 Å². The second-order valence-electron chi connectivity index (χ2n) is 8.27. The van der Waals surface area contributed by atoms with E-state index in [0.29, 0.717) is 12.5 Å². The van der Waals surface area contributed by atoms with E-state index in [1.165, 1.54) is 36.8 Å². The highest BCUT2D eigenvalue weighted by molar-refractivity contribution is 7.11. The average Bonchev–Trinajstić information content (AvgIpc) is 3.41. The lowest BCUT2D eigenvalue weighted by Gasteiger charge is -2.38. The van der Waals surface area contributed by atoms with Gasteiger partial charge in [-0.05, 0) is 50.2 Å². The summed E-state index contributed by atoms with van der Waals surface area (Å²) in [6.07, 6.45) is 7.18. The van der Waals surface area contributed by atoms with Crippen LogP contribution in [0.15, 0.2) is 17.6 Å². The third-order valence-corrected chi connectivity index (χ3v) is 7.41. The number of nitrogens with one attached hydrogen (secondary N) is 1. The minimum absolute atomic E-state index is 0.271. The number of rotatable bonds is 5. The molecule has 7 heteroatoms. The van der Waals surface area contributed by atoms with Crippen molar-refractivity contribution in [1.29, 1.82) is 0 Å². The van der Waals surface area contributed by atoms with Gasteiger partial charge in [0.25, 0.3) is 5.19 Å².